The molecule has 1 saturated heterocycles. The number of carbonyl (C=O) groups is 2. The molecule has 4 aromatic rings. The number of carbonyl (C=O) groups excluding carboxylic acids is 2. The molecule has 0 radical (unpaired) electrons. The molecule has 0 bridgehead atoms. The SMILES string of the molecule is CC(=O)c1ccc(-n2cnc3ccc(CN4CCCC4=O)cc32)nc1-n1nc(C#N)cc1C. The van der Waals surface area contributed by atoms with Gasteiger partial charge in [0, 0.05) is 25.2 Å². The van der Waals surface area contributed by atoms with Crippen molar-refractivity contribution < 1.29 is 9.59 Å². The summed E-state index contributed by atoms with van der Waals surface area (Å²) in [4.78, 5) is 35.4. The molecule has 1 fully saturated rings. The summed E-state index contributed by atoms with van der Waals surface area (Å²) in [5.41, 5.74) is 4.03. The zero-order chi connectivity index (χ0) is 23.1. The molecule has 5 rings (SSSR count). The quantitative estimate of drug-likeness (QED) is 0.442. The van der Waals surface area contributed by atoms with Gasteiger partial charge >= 0.3 is 0 Å². The fraction of sp³-hybridized carbons (Fsp3) is 0.250. The van der Waals surface area contributed by atoms with Crippen molar-refractivity contribution in [3.8, 4) is 17.7 Å². The van der Waals surface area contributed by atoms with Crippen molar-refractivity contribution in [3.05, 3.63) is 65.2 Å². The summed E-state index contributed by atoms with van der Waals surface area (Å²) in [5, 5.41) is 13.5. The highest BCUT2D eigenvalue weighted by Gasteiger charge is 2.21. The largest absolute Gasteiger partial charge is 0.338 e. The van der Waals surface area contributed by atoms with E-state index < -0.39 is 0 Å². The van der Waals surface area contributed by atoms with Gasteiger partial charge in [-0.25, -0.2) is 14.6 Å². The maximum absolute atomic E-state index is 12.3. The van der Waals surface area contributed by atoms with Crippen LogP contribution in [0.2, 0.25) is 0 Å². The number of hydrogen-bond donors (Lipinski definition) is 0. The summed E-state index contributed by atoms with van der Waals surface area (Å²) in [6, 6.07) is 13.1. The van der Waals surface area contributed by atoms with E-state index >= 15 is 0 Å². The summed E-state index contributed by atoms with van der Waals surface area (Å²) in [7, 11) is 0. The third-order valence-electron chi connectivity index (χ3n) is 5.85. The Kier molecular flexibility index (Phi) is 4.98. The third kappa shape index (κ3) is 3.65. The van der Waals surface area contributed by atoms with Gasteiger partial charge in [-0.15, -0.1) is 0 Å². The summed E-state index contributed by atoms with van der Waals surface area (Å²) in [5.74, 6) is 0.964. The van der Waals surface area contributed by atoms with Gasteiger partial charge in [0.1, 0.15) is 18.2 Å². The lowest BCUT2D eigenvalue weighted by Crippen LogP contribution is -2.23. The van der Waals surface area contributed by atoms with Gasteiger partial charge in [-0.2, -0.15) is 10.4 Å². The van der Waals surface area contributed by atoms with Crippen molar-refractivity contribution in [3.63, 3.8) is 0 Å². The maximum Gasteiger partial charge on any atom is 0.222 e. The molecular formula is C24H21N7O2. The fourth-order valence-corrected chi connectivity index (χ4v) is 4.18. The number of ketones is 1. The molecule has 0 spiro atoms. The Bertz CT molecular complexity index is 1460. The van der Waals surface area contributed by atoms with E-state index in [9.17, 15) is 14.9 Å². The molecule has 0 atom stereocenters. The first-order valence-electron chi connectivity index (χ1n) is 10.7. The van der Waals surface area contributed by atoms with Crippen LogP contribution in [0.1, 0.15) is 47.1 Å². The average molecular weight is 439 g/mol. The van der Waals surface area contributed by atoms with Crippen LogP contribution in [0.3, 0.4) is 0 Å². The summed E-state index contributed by atoms with van der Waals surface area (Å²) < 4.78 is 3.37. The Labute approximate surface area is 189 Å². The van der Waals surface area contributed by atoms with Crippen molar-refractivity contribution >= 4 is 22.7 Å². The number of pyridine rings is 1. The highest BCUT2D eigenvalue weighted by Crippen LogP contribution is 2.23. The van der Waals surface area contributed by atoms with Gasteiger partial charge in [0.15, 0.2) is 17.3 Å². The van der Waals surface area contributed by atoms with Crippen LogP contribution in [0.5, 0.6) is 0 Å². The highest BCUT2D eigenvalue weighted by molar-refractivity contribution is 5.97. The predicted octanol–water partition coefficient (Wildman–Crippen LogP) is 3.11. The van der Waals surface area contributed by atoms with E-state index in [4.69, 9.17) is 4.98 Å². The minimum absolute atomic E-state index is 0.148. The molecule has 0 N–H and O–H groups in total. The van der Waals surface area contributed by atoms with Gasteiger partial charge in [0.2, 0.25) is 5.91 Å². The van der Waals surface area contributed by atoms with Crippen LogP contribution in [0, 0.1) is 18.3 Å². The van der Waals surface area contributed by atoms with Crippen molar-refractivity contribution in [2.75, 3.05) is 6.54 Å². The highest BCUT2D eigenvalue weighted by atomic mass is 16.2. The van der Waals surface area contributed by atoms with Crippen LogP contribution >= 0.6 is 0 Å². The van der Waals surface area contributed by atoms with E-state index in [1.54, 1.807) is 24.5 Å². The molecule has 1 aliphatic rings. The van der Waals surface area contributed by atoms with E-state index in [2.05, 4.69) is 10.1 Å². The van der Waals surface area contributed by atoms with Crippen LogP contribution in [0.4, 0.5) is 0 Å². The van der Waals surface area contributed by atoms with Crippen molar-refractivity contribution in [2.45, 2.75) is 33.2 Å². The van der Waals surface area contributed by atoms with Gasteiger partial charge in [0.05, 0.1) is 16.6 Å². The Hall–Kier alpha value is -4.32. The van der Waals surface area contributed by atoms with Crippen LogP contribution in [-0.4, -0.2) is 47.5 Å². The monoisotopic (exact) mass is 439 g/mol. The number of likely N-dealkylation sites (tertiary alicyclic amines) is 1. The van der Waals surface area contributed by atoms with E-state index in [1.807, 2.05) is 40.7 Å². The number of aromatic nitrogens is 5. The van der Waals surface area contributed by atoms with Gasteiger partial charge in [0.25, 0.3) is 0 Å². The van der Waals surface area contributed by atoms with Crippen LogP contribution < -0.4 is 0 Å². The number of hydrogen-bond acceptors (Lipinski definition) is 6. The third-order valence-corrected chi connectivity index (χ3v) is 5.85. The molecule has 0 unspecified atom stereocenters. The molecule has 1 aliphatic heterocycles. The van der Waals surface area contributed by atoms with Gasteiger partial charge < -0.3 is 4.90 Å². The Balaban J connectivity index is 1.60. The minimum Gasteiger partial charge on any atom is -0.338 e. The molecular weight excluding hydrogens is 418 g/mol. The lowest BCUT2D eigenvalue weighted by molar-refractivity contribution is -0.128. The van der Waals surface area contributed by atoms with Crippen molar-refractivity contribution in [2.24, 2.45) is 0 Å². The van der Waals surface area contributed by atoms with Crippen LogP contribution in [-0.2, 0) is 11.3 Å². The zero-order valence-corrected chi connectivity index (χ0v) is 18.3. The van der Waals surface area contributed by atoms with Gasteiger partial charge in [-0.3, -0.25) is 14.2 Å². The lowest BCUT2D eigenvalue weighted by Gasteiger charge is -2.16. The second kappa shape index (κ2) is 7.98. The first-order chi connectivity index (χ1) is 15.9. The second-order valence-electron chi connectivity index (χ2n) is 8.15. The standard InChI is InChI=1S/C24H21N7O2/c1-15-10-18(12-25)28-31(15)24-19(16(2)32)6-8-22(27-24)30-14-26-20-7-5-17(11-21(20)30)13-29-9-3-4-23(29)33/h5-8,10-11,14H,3-4,9,13H2,1-2H3. The topological polar surface area (TPSA) is 110 Å². The van der Waals surface area contributed by atoms with Crippen molar-refractivity contribution in [1.29, 1.82) is 5.26 Å². The molecule has 1 amide bonds. The fourth-order valence-electron chi connectivity index (χ4n) is 4.18. The smallest absolute Gasteiger partial charge is 0.222 e. The van der Waals surface area contributed by atoms with E-state index in [0.29, 0.717) is 35.9 Å². The second-order valence-corrected chi connectivity index (χ2v) is 8.15. The maximum atomic E-state index is 12.3. The number of aryl methyl sites for hydroxylation is 1. The van der Waals surface area contributed by atoms with Gasteiger partial charge in [-0.1, -0.05) is 6.07 Å². The predicted molar refractivity (Wildman–Crippen MR) is 120 cm³/mol. The Morgan fingerprint density at radius 1 is 1.21 bits per heavy atom. The van der Waals surface area contributed by atoms with E-state index in [0.717, 1.165) is 29.6 Å². The number of rotatable bonds is 5. The number of fused-ring (bicyclic) bond motifs is 1. The van der Waals surface area contributed by atoms with Crippen LogP contribution in [0.15, 0.2) is 42.7 Å². The molecule has 9 nitrogen and oxygen atoms in total. The first-order valence-corrected chi connectivity index (χ1v) is 10.7. The average Bonchev–Trinajstić information content (AvgIpc) is 3.51. The summed E-state index contributed by atoms with van der Waals surface area (Å²) >= 11 is 0. The van der Waals surface area contributed by atoms with E-state index in [-0.39, 0.29) is 17.4 Å². The molecule has 9 heteroatoms. The first kappa shape index (κ1) is 20.6. The summed E-state index contributed by atoms with van der Waals surface area (Å²) in [6.45, 7) is 4.63. The van der Waals surface area contributed by atoms with Gasteiger partial charge in [-0.05, 0) is 56.2 Å². The number of imidazole rings is 1. The molecule has 1 aromatic carbocycles. The molecule has 33 heavy (non-hydrogen) atoms. The number of benzene rings is 1. The summed E-state index contributed by atoms with van der Waals surface area (Å²) in [6.07, 6.45) is 3.19. The number of nitriles is 1. The molecule has 0 aliphatic carbocycles. The molecule has 164 valence electrons. The zero-order valence-electron chi connectivity index (χ0n) is 18.3. The van der Waals surface area contributed by atoms with Crippen LogP contribution in [0.25, 0.3) is 22.7 Å². The number of nitrogens with zero attached hydrogens (tertiary/aromatic N) is 7. The molecule has 4 heterocycles. The van der Waals surface area contributed by atoms with E-state index in [1.165, 1.54) is 11.6 Å². The minimum atomic E-state index is -0.148. The molecule has 0 saturated carbocycles. The normalized spacial score (nSPS) is 13.6. The lowest BCUT2D eigenvalue weighted by atomic mass is 10.1. The van der Waals surface area contributed by atoms with Crippen molar-refractivity contribution in [1.82, 2.24) is 29.2 Å². The molecule has 3 aromatic heterocycles. The number of amides is 1. The Morgan fingerprint density at radius 3 is 2.76 bits per heavy atom. The Morgan fingerprint density at radius 2 is 2.06 bits per heavy atom. The number of Topliss-reactive ketones (excluding diaryl/α,β-unsaturated/α-hetero) is 1.